The van der Waals surface area contributed by atoms with Crippen LogP contribution in [-0.4, -0.2) is 34.8 Å². The van der Waals surface area contributed by atoms with Crippen LogP contribution in [0.3, 0.4) is 0 Å². The molecule has 1 aromatic rings. The molecule has 0 unspecified atom stereocenters. The minimum atomic E-state index is -0.959. The van der Waals surface area contributed by atoms with E-state index in [4.69, 9.17) is 17.0 Å². The Balaban J connectivity index is 2.36. The zero-order chi connectivity index (χ0) is 18.3. The van der Waals surface area contributed by atoms with Crippen LogP contribution in [0.15, 0.2) is 18.2 Å². The van der Waals surface area contributed by atoms with Crippen LogP contribution in [0, 0.1) is 15.9 Å². The Kier molecular flexibility index (Phi) is 6.83. The molecule has 0 aromatic heterocycles. The minimum Gasteiger partial charge on any atom is -0.444 e. The molecule has 0 saturated carbocycles. The summed E-state index contributed by atoms with van der Waals surface area (Å²) in [5.41, 5.74) is -0.911. The predicted molar refractivity (Wildman–Crippen MR) is 91.5 cm³/mol. The van der Waals surface area contributed by atoms with Gasteiger partial charge in [0.2, 0.25) is 5.82 Å². The molecule has 10 heteroatoms. The second-order valence-corrected chi connectivity index (χ2v) is 6.14. The Morgan fingerprint density at radius 3 is 2.50 bits per heavy atom. The molecule has 0 heterocycles. The summed E-state index contributed by atoms with van der Waals surface area (Å²) >= 11 is 5.01. The van der Waals surface area contributed by atoms with Gasteiger partial charge in [0.25, 0.3) is 0 Å². The number of hydrogen-bond acceptors (Lipinski definition) is 5. The molecule has 0 bridgehead atoms. The van der Waals surface area contributed by atoms with Gasteiger partial charge in [0.05, 0.1) is 4.92 Å². The highest BCUT2D eigenvalue weighted by Crippen LogP contribution is 2.20. The van der Waals surface area contributed by atoms with Crippen LogP contribution in [0.5, 0.6) is 0 Å². The molecule has 0 aliphatic rings. The second-order valence-electron chi connectivity index (χ2n) is 5.73. The van der Waals surface area contributed by atoms with E-state index in [9.17, 15) is 19.3 Å². The number of hydrogen-bond donors (Lipinski definition) is 3. The number of rotatable bonds is 5. The molecule has 0 aliphatic heterocycles. The molecule has 24 heavy (non-hydrogen) atoms. The molecular formula is C14H19FN4O4S. The number of amides is 1. The second kappa shape index (κ2) is 8.39. The summed E-state index contributed by atoms with van der Waals surface area (Å²) in [7, 11) is 0. The zero-order valence-corrected chi connectivity index (χ0v) is 14.3. The van der Waals surface area contributed by atoms with Gasteiger partial charge < -0.3 is 20.7 Å². The Bertz CT molecular complexity index is 634. The SMILES string of the molecule is CC(C)(C)OC(=O)NCCNC(=S)Nc1ccc([N+](=O)[O-])c(F)c1. The first-order valence-corrected chi connectivity index (χ1v) is 7.45. The van der Waals surface area contributed by atoms with E-state index >= 15 is 0 Å². The number of alkyl carbamates (subject to hydrolysis) is 1. The first kappa shape index (κ1) is 19.6. The lowest BCUT2D eigenvalue weighted by atomic mass is 10.2. The van der Waals surface area contributed by atoms with Crippen molar-refractivity contribution in [3.63, 3.8) is 0 Å². The maximum Gasteiger partial charge on any atom is 0.407 e. The van der Waals surface area contributed by atoms with Crippen LogP contribution in [0.2, 0.25) is 0 Å². The lowest BCUT2D eigenvalue weighted by Gasteiger charge is -2.19. The number of carbonyl (C=O) groups is 1. The number of nitrogens with zero attached hydrogens (tertiary/aromatic N) is 1. The molecule has 0 spiro atoms. The summed E-state index contributed by atoms with van der Waals surface area (Å²) < 4.78 is 18.5. The number of thiocarbonyl (C=S) groups is 1. The highest BCUT2D eigenvalue weighted by atomic mass is 32.1. The molecule has 1 aromatic carbocycles. The number of halogens is 1. The number of nitro groups is 1. The van der Waals surface area contributed by atoms with Gasteiger partial charge in [0.1, 0.15) is 5.60 Å². The molecule has 1 rings (SSSR count). The number of anilines is 1. The third-order valence-corrected chi connectivity index (χ3v) is 2.73. The van der Waals surface area contributed by atoms with Gasteiger partial charge in [-0.25, -0.2) is 4.79 Å². The van der Waals surface area contributed by atoms with Crippen LogP contribution in [0.4, 0.5) is 20.6 Å². The average molecular weight is 358 g/mol. The van der Waals surface area contributed by atoms with Gasteiger partial charge in [-0.2, -0.15) is 4.39 Å². The maximum atomic E-state index is 13.5. The Morgan fingerprint density at radius 1 is 1.33 bits per heavy atom. The highest BCUT2D eigenvalue weighted by Gasteiger charge is 2.16. The van der Waals surface area contributed by atoms with Gasteiger partial charge in [-0.3, -0.25) is 10.1 Å². The van der Waals surface area contributed by atoms with Crippen molar-refractivity contribution in [1.29, 1.82) is 0 Å². The molecular weight excluding hydrogens is 339 g/mol. The van der Waals surface area contributed by atoms with Crippen molar-refractivity contribution in [1.82, 2.24) is 10.6 Å². The standard InChI is InChI=1S/C14H19FN4O4S/c1-14(2,3)23-13(20)17-7-6-16-12(24)18-9-4-5-11(19(21)22)10(15)8-9/h4-5,8H,6-7H2,1-3H3,(H,17,20)(H2,16,18,24). The van der Waals surface area contributed by atoms with Gasteiger partial charge in [0, 0.05) is 30.9 Å². The van der Waals surface area contributed by atoms with Gasteiger partial charge in [0.15, 0.2) is 5.11 Å². The molecule has 1 amide bonds. The van der Waals surface area contributed by atoms with Gasteiger partial charge >= 0.3 is 11.8 Å². The van der Waals surface area contributed by atoms with E-state index in [0.717, 1.165) is 12.1 Å². The van der Waals surface area contributed by atoms with E-state index in [-0.39, 0.29) is 17.3 Å². The van der Waals surface area contributed by atoms with Gasteiger partial charge in [-0.05, 0) is 39.1 Å². The minimum absolute atomic E-state index is 0.189. The van der Waals surface area contributed by atoms with Crippen molar-refractivity contribution in [2.24, 2.45) is 0 Å². The predicted octanol–water partition coefficient (Wildman–Crippen LogP) is 2.54. The molecule has 0 radical (unpaired) electrons. The average Bonchev–Trinajstić information content (AvgIpc) is 2.41. The lowest BCUT2D eigenvalue weighted by Crippen LogP contribution is -2.39. The third-order valence-electron chi connectivity index (χ3n) is 2.48. The topological polar surface area (TPSA) is 106 Å². The van der Waals surface area contributed by atoms with Crippen molar-refractivity contribution in [2.75, 3.05) is 18.4 Å². The fourth-order valence-corrected chi connectivity index (χ4v) is 1.78. The number of nitro benzene ring substituents is 1. The van der Waals surface area contributed by atoms with E-state index in [2.05, 4.69) is 16.0 Å². The van der Waals surface area contributed by atoms with E-state index in [1.165, 1.54) is 6.07 Å². The van der Waals surface area contributed by atoms with E-state index in [0.29, 0.717) is 6.54 Å². The molecule has 132 valence electrons. The number of carbonyl (C=O) groups excluding carboxylic acids is 1. The van der Waals surface area contributed by atoms with Gasteiger partial charge in [-0.1, -0.05) is 0 Å². The largest absolute Gasteiger partial charge is 0.444 e. The smallest absolute Gasteiger partial charge is 0.407 e. The van der Waals surface area contributed by atoms with E-state index in [1.807, 2.05) is 0 Å². The normalized spacial score (nSPS) is 10.7. The Labute approximate surface area is 143 Å². The molecule has 0 saturated heterocycles. The summed E-state index contributed by atoms with van der Waals surface area (Å²) in [6.45, 7) is 5.86. The first-order chi connectivity index (χ1) is 11.1. The molecule has 8 nitrogen and oxygen atoms in total. The Morgan fingerprint density at radius 2 is 1.96 bits per heavy atom. The summed E-state index contributed by atoms with van der Waals surface area (Å²) in [6.07, 6.45) is -0.541. The van der Waals surface area contributed by atoms with Crippen LogP contribution < -0.4 is 16.0 Å². The molecule has 0 fully saturated rings. The van der Waals surface area contributed by atoms with Gasteiger partial charge in [-0.15, -0.1) is 0 Å². The molecule has 3 N–H and O–H groups in total. The summed E-state index contributed by atoms with van der Waals surface area (Å²) in [5.74, 6) is -0.959. The summed E-state index contributed by atoms with van der Waals surface area (Å²) in [6, 6.07) is 3.36. The molecule has 0 atom stereocenters. The molecule has 0 aliphatic carbocycles. The van der Waals surface area contributed by atoms with Crippen LogP contribution >= 0.6 is 12.2 Å². The first-order valence-electron chi connectivity index (χ1n) is 7.04. The quantitative estimate of drug-likeness (QED) is 0.321. The zero-order valence-electron chi connectivity index (χ0n) is 13.5. The van der Waals surface area contributed by atoms with E-state index < -0.39 is 28.1 Å². The highest BCUT2D eigenvalue weighted by molar-refractivity contribution is 7.80. The maximum absolute atomic E-state index is 13.5. The summed E-state index contributed by atoms with van der Waals surface area (Å²) in [4.78, 5) is 21.1. The third kappa shape index (κ3) is 7.18. The summed E-state index contributed by atoms with van der Waals surface area (Å²) in [5, 5.41) is 18.8. The number of nitrogens with one attached hydrogen (secondary N) is 3. The van der Waals surface area contributed by atoms with Crippen molar-refractivity contribution in [2.45, 2.75) is 26.4 Å². The Hall–Kier alpha value is -2.49. The fraction of sp³-hybridized carbons (Fsp3) is 0.429. The number of benzene rings is 1. The monoisotopic (exact) mass is 358 g/mol. The van der Waals surface area contributed by atoms with Crippen molar-refractivity contribution in [3.05, 3.63) is 34.1 Å². The van der Waals surface area contributed by atoms with Crippen molar-refractivity contribution in [3.8, 4) is 0 Å². The van der Waals surface area contributed by atoms with Crippen LogP contribution in [-0.2, 0) is 4.74 Å². The van der Waals surface area contributed by atoms with Crippen molar-refractivity contribution < 1.29 is 18.8 Å². The fourth-order valence-electron chi connectivity index (χ4n) is 1.56. The van der Waals surface area contributed by atoms with Crippen molar-refractivity contribution >= 4 is 34.8 Å². The van der Waals surface area contributed by atoms with E-state index in [1.54, 1.807) is 20.8 Å². The lowest BCUT2D eigenvalue weighted by molar-refractivity contribution is -0.387. The van der Waals surface area contributed by atoms with Crippen LogP contribution in [0.25, 0.3) is 0 Å². The number of ether oxygens (including phenoxy) is 1. The van der Waals surface area contributed by atoms with Crippen LogP contribution in [0.1, 0.15) is 20.8 Å².